The number of guanidine groups is 1. The molecule has 2 saturated heterocycles. The number of hydrogen-bond donors (Lipinski definition) is 2. The molecule has 27 heavy (non-hydrogen) atoms. The van der Waals surface area contributed by atoms with Crippen LogP contribution in [-0.2, 0) is 4.79 Å². The Morgan fingerprint density at radius 3 is 2.85 bits per heavy atom. The number of nitrogens with zero attached hydrogens (tertiary/aromatic N) is 2. The molecule has 0 aromatic heterocycles. The van der Waals surface area contributed by atoms with Crippen LogP contribution in [-0.4, -0.2) is 56.1 Å². The molecule has 2 aliphatic rings. The first-order valence-corrected chi connectivity index (χ1v) is 9.66. The van der Waals surface area contributed by atoms with Gasteiger partial charge in [0.1, 0.15) is 12.4 Å². The van der Waals surface area contributed by atoms with Gasteiger partial charge >= 0.3 is 0 Å². The van der Waals surface area contributed by atoms with Crippen LogP contribution in [0.2, 0.25) is 5.02 Å². The molecule has 2 heterocycles. The molecule has 6 nitrogen and oxygen atoms in total. The molecular formula is C19H28ClIN4O2. The molecule has 2 aliphatic heterocycles. The van der Waals surface area contributed by atoms with Crippen molar-refractivity contribution >= 4 is 47.4 Å². The summed E-state index contributed by atoms with van der Waals surface area (Å²) in [6.45, 7) is 6.59. The number of amides is 1. The monoisotopic (exact) mass is 506 g/mol. The second kappa shape index (κ2) is 10.4. The average molecular weight is 507 g/mol. The standard InChI is InChI=1S/C19H27ClN4O2.HI/c1-2-21-18(22-9-11-26-16-6-4-15(20)5-7-16)24-10-3-8-19(14-24)12-17(25)23-13-19;/h4-7H,2-3,8-14H2,1H3,(H,21,22)(H,23,25);1H. The number of likely N-dealkylation sites (tertiary alicyclic amines) is 1. The van der Waals surface area contributed by atoms with Crippen molar-refractivity contribution < 1.29 is 9.53 Å². The van der Waals surface area contributed by atoms with E-state index in [2.05, 4.69) is 22.5 Å². The smallest absolute Gasteiger partial charge is 0.220 e. The quantitative estimate of drug-likeness (QED) is 0.279. The maximum absolute atomic E-state index is 11.7. The fourth-order valence-corrected chi connectivity index (χ4v) is 3.83. The van der Waals surface area contributed by atoms with Crippen LogP contribution in [0.5, 0.6) is 5.75 Å². The van der Waals surface area contributed by atoms with Crippen LogP contribution in [0.1, 0.15) is 26.2 Å². The van der Waals surface area contributed by atoms with Gasteiger partial charge in [0.25, 0.3) is 0 Å². The van der Waals surface area contributed by atoms with E-state index in [1.807, 2.05) is 24.3 Å². The van der Waals surface area contributed by atoms with Crippen molar-refractivity contribution in [2.24, 2.45) is 10.4 Å². The molecule has 0 saturated carbocycles. The summed E-state index contributed by atoms with van der Waals surface area (Å²) in [4.78, 5) is 18.7. The van der Waals surface area contributed by atoms with Crippen LogP contribution in [0.15, 0.2) is 29.3 Å². The predicted molar refractivity (Wildman–Crippen MR) is 119 cm³/mol. The largest absolute Gasteiger partial charge is 0.492 e. The average Bonchev–Trinajstić information content (AvgIpc) is 2.99. The Bertz CT molecular complexity index is 656. The van der Waals surface area contributed by atoms with Crippen molar-refractivity contribution in [2.75, 3.05) is 39.3 Å². The lowest BCUT2D eigenvalue weighted by atomic mass is 9.79. The van der Waals surface area contributed by atoms with Gasteiger partial charge in [-0.1, -0.05) is 11.6 Å². The van der Waals surface area contributed by atoms with Crippen LogP contribution in [0.4, 0.5) is 0 Å². The molecule has 150 valence electrons. The number of ether oxygens (including phenoxy) is 1. The summed E-state index contributed by atoms with van der Waals surface area (Å²) in [7, 11) is 0. The first kappa shape index (κ1) is 22.1. The summed E-state index contributed by atoms with van der Waals surface area (Å²) in [6.07, 6.45) is 2.81. The molecule has 3 rings (SSSR count). The van der Waals surface area contributed by atoms with Gasteiger partial charge in [-0.2, -0.15) is 0 Å². The van der Waals surface area contributed by atoms with Crippen LogP contribution in [0.3, 0.4) is 0 Å². The Kier molecular flexibility index (Phi) is 8.47. The predicted octanol–water partition coefficient (Wildman–Crippen LogP) is 2.90. The van der Waals surface area contributed by atoms with Crippen molar-refractivity contribution in [1.82, 2.24) is 15.5 Å². The zero-order chi connectivity index (χ0) is 18.4. The molecule has 1 aromatic rings. The van der Waals surface area contributed by atoms with Gasteiger partial charge in [-0.05, 0) is 44.0 Å². The molecule has 0 aliphatic carbocycles. The Morgan fingerprint density at radius 2 is 2.19 bits per heavy atom. The van der Waals surface area contributed by atoms with Crippen molar-refractivity contribution in [3.05, 3.63) is 29.3 Å². The fourth-order valence-electron chi connectivity index (χ4n) is 3.70. The molecule has 0 bridgehead atoms. The first-order chi connectivity index (χ1) is 12.6. The third-order valence-electron chi connectivity index (χ3n) is 4.93. The molecule has 0 radical (unpaired) electrons. The lowest BCUT2D eigenvalue weighted by molar-refractivity contribution is -0.119. The zero-order valence-corrected chi connectivity index (χ0v) is 18.8. The fraction of sp³-hybridized carbons (Fsp3) is 0.579. The third-order valence-corrected chi connectivity index (χ3v) is 5.18. The van der Waals surface area contributed by atoms with Crippen molar-refractivity contribution in [3.63, 3.8) is 0 Å². The zero-order valence-electron chi connectivity index (χ0n) is 15.7. The van der Waals surface area contributed by atoms with Crippen LogP contribution in [0.25, 0.3) is 0 Å². The first-order valence-electron chi connectivity index (χ1n) is 9.29. The summed E-state index contributed by atoms with van der Waals surface area (Å²) in [6, 6.07) is 7.34. The van der Waals surface area contributed by atoms with E-state index in [4.69, 9.17) is 21.3 Å². The van der Waals surface area contributed by atoms with E-state index in [-0.39, 0.29) is 35.3 Å². The minimum absolute atomic E-state index is 0. The van der Waals surface area contributed by atoms with Gasteiger partial charge in [-0.15, -0.1) is 24.0 Å². The summed E-state index contributed by atoms with van der Waals surface area (Å²) >= 11 is 5.88. The summed E-state index contributed by atoms with van der Waals surface area (Å²) < 4.78 is 5.72. The van der Waals surface area contributed by atoms with Crippen LogP contribution >= 0.6 is 35.6 Å². The van der Waals surface area contributed by atoms with E-state index in [9.17, 15) is 4.79 Å². The third kappa shape index (κ3) is 6.14. The van der Waals surface area contributed by atoms with Crippen LogP contribution in [0, 0.1) is 5.41 Å². The molecule has 1 atom stereocenters. The molecule has 1 spiro atoms. The number of hydrogen-bond acceptors (Lipinski definition) is 3. The minimum Gasteiger partial charge on any atom is -0.492 e. The molecule has 2 fully saturated rings. The highest BCUT2D eigenvalue weighted by Gasteiger charge is 2.42. The highest BCUT2D eigenvalue weighted by Crippen LogP contribution is 2.35. The Balaban J connectivity index is 0.00000261. The van der Waals surface area contributed by atoms with Gasteiger partial charge < -0.3 is 20.3 Å². The Morgan fingerprint density at radius 1 is 1.41 bits per heavy atom. The SMILES string of the molecule is CCNC(=NCCOc1ccc(Cl)cc1)N1CCCC2(CNC(=O)C2)C1.I. The second-order valence-corrected chi connectivity index (χ2v) is 7.45. The van der Waals surface area contributed by atoms with E-state index in [1.54, 1.807) is 0 Å². The summed E-state index contributed by atoms with van der Waals surface area (Å²) in [5.41, 5.74) is 0.0608. The van der Waals surface area contributed by atoms with Crippen LogP contribution < -0.4 is 15.4 Å². The number of aliphatic imine (C=N–C) groups is 1. The lowest BCUT2D eigenvalue weighted by Gasteiger charge is -2.40. The number of rotatable bonds is 5. The van der Waals surface area contributed by atoms with Gasteiger partial charge in [-0.25, -0.2) is 4.99 Å². The highest BCUT2D eigenvalue weighted by molar-refractivity contribution is 14.0. The molecular weight excluding hydrogens is 479 g/mol. The topological polar surface area (TPSA) is 66.0 Å². The number of halogens is 2. The van der Waals surface area contributed by atoms with E-state index in [1.165, 1.54) is 0 Å². The highest BCUT2D eigenvalue weighted by atomic mass is 127. The van der Waals surface area contributed by atoms with E-state index < -0.39 is 0 Å². The summed E-state index contributed by atoms with van der Waals surface area (Å²) in [5, 5.41) is 7.06. The van der Waals surface area contributed by atoms with E-state index in [0.717, 1.165) is 50.7 Å². The van der Waals surface area contributed by atoms with Gasteiger partial charge in [0.15, 0.2) is 5.96 Å². The molecule has 1 unspecified atom stereocenters. The maximum atomic E-state index is 11.7. The van der Waals surface area contributed by atoms with E-state index >= 15 is 0 Å². The van der Waals surface area contributed by atoms with E-state index in [0.29, 0.717) is 24.6 Å². The minimum atomic E-state index is 0. The maximum Gasteiger partial charge on any atom is 0.220 e. The van der Waals surface area contributed by atoms with Crippen molar-refractivity contribution in [3.8, 4) is 5.75 Å². The number of carbonyl (C=O) groups is 1. The molecule has 2 N–H and O–H groups in total. The lowest BCUT2D eigenvalue weighted by Crippen LogP contribution is -2.51. The Hall–Kier alpha value is -1.22. The number of nitrogens with one attached hydrogen (secondary N) is 2. The van der Waals surface area contributed by atoms with Gasteiger partial charge in [0, 0.05) is 43.0 Å². The van der Waals surface area contributed by atoms with Gasteiger partial charge in [0.05, 0.1) is 6.54 Å². The summed E-state index contributed by atoms with van der Waals surface area (Å²) in [5.74, 6) is 1.87. The van der Waals surface area contributed by atoms with Gasteiger partial charge in [-0.3, -0.25) is 4.79 Å². The van der Waals surface area contributed by atoms with Gasteiger partial charge in [0.2, 0.25) is 5.91 Å². The molecule has 1 aromatic carbocycles. The number of piperidine rings is 1. The molecule has 8 heteroatoms. The Labute approximate surface area is 183 Å². The van der Waals surface area contributed by atoms with Crippen molar-refractivity contribution in [2.45, 2.75) is 26.2 Å². The second-order valence-electron chi connectivity index (χ2n) is 7.02. The molecule has 1 amide bonds. The number of benzene rings is 1. The number of carbonyl (C=O) groups excluding carboxylic acids is 1. The van der Waals surface area contributed by atoms with Crippen molar-refractivity contribution in [1.29, 1.82) is 0 Å². The normalized spacial score (nSPS) is 22.4.